The van der Waals surface area contributed by atoms with Crippen molar-refractivity contribution in [3.05, 3.63) is 0 Å². The van der Waals surface area contributed by atoms with E-state index >= 15 is 0 Å². The lowest BCUT2D eigenvalue weighted by Gasteiger charge is -2.41. The number of carbonyl (C=O) groups excluding carboxylic acids is 1. The Morgan fingerprint density at radius 2 is 2.06 bits per heavy atom. The van der Waals surface area contributed by atoms with Crippen molar-refractivity contribution in [1.29, 1.82) is 0 Å². The number of nitrogens with one attached hydrogen (secondary N) is 1. The number of hydrogen-bond donors (Lipinski definition) is 4. The maximum absolute atomic E-state index is 11.0. The van der Waals surface area contributed by atoms with Gasteiger partial charge in [-0.25, -0.2) is 0 Å². The first kappa shape index (κ1) is 13.7. The van der Waals surface area contributed by atoms with Gasteiger partial charge in [0, 0.05) is 14.0 Å². The predicted octanol–water partition coefficient (Wildman–Crippen LogP) is -1.71. The summed E-state index contributed by atoms with van der Waals surface area (Å²) < 4.78 is 5.12. The van der Waals surface area contributed by atoms with E-state index in [-0.39, 0.29) is 12.5 Å². The van der Waals surface area contributed by atoms with Crippen LogP contribution < -0.4 is 5.32 Å². The molecule has 1 saturated heterocycles. The smallest absolute Gasteiger partial charge is 0.217 e. The van der Waals surface area contributed by atoms with Gasteiger partial charge in [0.2, 0.25) is 5.91 Å². The Morgan fingerprint density at radius 3 is 2.50 bits per heavy atom. The molecule has 0 aromatic carbocycles. The fourth-order valence-electron chi connectivity index (χ4n) is 1.67. The predicted molar refractivity (Wildman–Crippen MR) is 58.9 cm³/mol. The van der Waals surface area contributed by atoms with E-state index in [2.05, 4.69) is 5.32 Å². The second-order valence-electron chi connectivity index (χ2n) is 3.67. The van der Waals surface area contributed by atoms with Crippen molar-refractivity contribution in [2.24, 2.45) is 0 Å². The zero-order valence-electron chi connectivity index (χ0n) is 9.16. The zero-order valence-corrected chi connectivity index (χ0v) is 9.98. The van der Waals surface area contributed by atoms with Crippen LogP contribution in [0, 0.1) is 0 Å². The summed E-state index contributed by atoms with van der Waals surface area (Å²) in [5.74, 6) is -0.304. The van der Waals surface area contributed by atoms with Crippen molar-refractivity contribution in [3.63, 3.8) is 0 Å². The van der Waals surface area contributed by atoms with Gasteiger partial charge in [-0.1, -0.05) is 0 Å². The maximum Gasteiger partial charge on any atom is 0.217 e. The molecule has 94 valence electrons. The molecule has 0 aromatic heterocycles. The van der Waals surface area contributed by atoms with Crippen LogP contribution in [0.3, 0.4) is 0 Å². The number of aliphatic hydroxyl groups excluding tert-OH is 3. The number of hydrogen-bond acceptors (Lipinski definition) is 6. The SMILES string of the molecule is CO[C@H]1S[C@H](CO)[C@@H](O)[C@H](O)[C@H]1NC(C)=O. The Hall–Kier alpha value is -0.340. The third kappa shape index (κ3) is 2.86. The largest absolute Gasteiger partial charge is 0.395 e. The molecule has 6 nitrogen and oxygen atoms in total. The molecule has 5 atom stereocenters. The molecule has 1 amide bonds. The number of rotatable bonds is 3. The highest BCUT2D eigenvalue weighted by atomic mass is 32.2. The van der Waals surface area contributed by atoms with Gasteiger partial charge in [-0.15, -0.1) is 11.8 Å². The summed E-state index contributed by atoms with van der Waals surface area (Å²) in [6.07, 6.45) is -2.23. The minimum Gasteiger partial charge on any atom is -0.395 e. The quantitative estimate of drug-likeness (QED) is 0.477. The lowest BCUT2D eigenvalue weighted by Crippen LogP contribution is -2.60. The number of ether oxygens (including phenoxy) is 1. The van der Waals surface area contributed by atoms with Gasteiger partial charge < -0.3 is 25.4 Å². The van der Waals surface area contributed by atoms with Gasteiger partial charge in [-0.05, 0) is 0 Å². The van der Waals surface area contributed by atoms with E-state index in [1.54, 1.807) is 0 Å². The van der Waals surface area contributed by atoms with Gasteiger partial charge in [-0.2, -0.15) is 0 Å². The Labute approximate surface area is 98.0 Å². The van der Waals surface area contributed by atoms with Crippen LogP contribution >= 0.6 is 11.8 Å². The molecule has 4 N–H and O–H groups in total. The van der Waals surface area contributed by atoms with Crippen LogP contribution in [0.2, 0.25) is 0 Å². The summed E-state index contributed by atoms with van der Waals surface area (Å²) in [4.78, 5) is 11.0. The van der Waals surface area contributed by atoms with Gasteiger partial charge in [0.25, 0.3) is 0 Å². The molecule has 7 heteroatoms. The van der Waals surface area contributed by atoms with Crippen LogP contribution in [0.25, 0.3) is 0 Å². The van der Waals surface area contributed by atoms with Gasteiger partial charge in [0.05, 0.1) is 24.0 Å². The van der Waals surface area contributed by atoms with Crippen LogP contribution in [-0.2, 0) is 9.53 Å². The molecule has 0 bridgehead atoms. The fourth-order valence-corrected chi connectivity index (χ4v) is 2.93. The van der Waals surface area contributed by atoms with Crippen LogP contribution in [0.4, 0.5) is 0 Å². The van der Waals surface area contributed by atoms with Gasteiger partial charge in [-0.3, -0.25) is 4.79 Å². The van der Waals surface area contributed by atoms with Crippen molar-refractivity contribution in [1.82, 2.24) is 5.32 Å². The van der Waals surface area contributed by atoms with Gasteiger partial charge in [0.15, 0.2) is 0 Å². The van der Waals surface area contributed by atoms with E-state index in [1.807, 2.05) is 0 Å². The standard InChI is InChI=1S/C9H17NO5S/c1-4(12)10-6-8(14)7(13)5(3-11)16-9(6)15-2/h5-9,11,13-14H,3H2,1-2H3,(H,10,12)/t5-,6-,7-,8-,9+/m1/s1. The van der Waals surface area contributed by atoms with Crippen molar-refractivity contribution in [2.75, 3.05) is 13.7 Å². The highest BCUT2D eigenvalue weighted by molar-refractivity contribution is 8.00. The van der Waals surface area contributed by atoms with Gasteiger partial charge >= 0.3 is 0 Å². The van der Waals surface area contributed by atoms with Crippen LogP contribution in [0.5, 0.6) is 0 Å². The number of carbonyl (C=O) groups is 1. The Balaban J connectivity index is 2.77. The van der Waals surface area contributed by atoms with Crippen molar-refractivity contribution in [3.8, 4) is 0 Å². The van der Waals surface area contributed by atoms with E-state index in [9.17, 15) is 15.0 Å². The molecule has 1 fully saturated rings. The third-order valence-electron chi connectivity index (χ3n) is 2.48. The van der Waals surface area contributed by atoms with Crippen molar-refractivity contribution in [2.45, 2.75) is 35.9 Å². The summed E-state index contributed by atoms with van der Waals surface area (Å²) in [6.45, 7) is 1.07. The monoisotopic (exact) mass is 251 g/mol. The number of methoxy groups -OCH3 is 1. The van der Waals surface area contributed by atoms with Crippen molar-refractivity contribution >= 4 is 17.7 Å². The lowest BCUT2D eigenvalue weighted by molar-refractivity contribution is -0.123. The minimum absolute atomic E-state index is 0.254. The first-order chi connectivity index (χ1) is 7.51. The van der Waals surface area contributed by atoms with E-state index in [4.69, 9.17) is 9.84 Å². The molecule has 0 unspecified atom stereocenters. The average molecular weight is 251 g/mol. The molecular formula is C9H17NO5S. The molecular weight excluding hydrogens is 234 g/mol. The topological polar surface area (TPSA) is 99.0 Å². The lowest BCUT2D eigenvalue weighted by atomic mass is 10.0. The van der Waals surface area contributed by atoms with E-state index < -0.39 is 28.9 Å². The normalized spacial score (nSPS) is 39.4. The summed E-state index contributed by atoms with van der Waals surface area (Å²) in [7, 11) is 1.45. The summed E-state index contributed by atoms with van der Waals surface area (Å²) in [5.41, 5.74) is -0.487. The van der Waals surface area contributed by atoms with Crippen LogP contribution in [0.1, 0.15) is 6.92 Å². The molecule has 1 aliphatic rings. The number of thioether (sulfide) groups is 1. The average Bonchev–Trinajstić information content (AvgIpc) is 2.25. The summed E-state index contributed by atoms with van der Waals surface area (Å²) in [6, 6.07) is -0.676. The zero-order chi connectivity index (χ0) is 12.3. The highest BCUT2D eigenvalue weighted by Gasteiger charge is 2.44. The minimum atomic E-state index is -1.15. The second kappa shape index (κ2) is 5.83. The van der Waals surface area contributed by atoms with Crippen LogP contribution in [0.15, 0.2) is 0 Å². The number of amides is 1. The van der Waals surface area contributed by atoms with E-state index in [0.717, 1.165) is 0 Å². The first-order valence-electron chi connectivity index (χ1n) is 4.93. The molecule has 1 aliphatic heterocycles. The molecule has 1 heterocycles. The van der Waals surface area contributed by atoms with E-state index in [1.165, 1.54) is 25.8 Å². The fraction of sp³-hybridized carbons (Fsp3) is 0.889. The Morgan fingerprint density at radius 1 is 1.44 bits per heavy atom. The second-order valence-corrected chi connectivity index (χ2v) is 5.01. The molecule has 0 spiro atoms. The summed E-state index contributed by atoms with van der Waals surface area (Å²) in [5, 5.41) is 30.6. The summed E-state index contributed by atoms with van der Waals surface area (Å²) >= 11 is 1.20. The molecule has 16 heavy (non-hydrogen) atoms. The van der Waals surface area contributed by atoms with Crippen LogP contribution in [-0.4, -0.2) is 63.9 Å². The van der Waals surface area contributed by atoms with Gasteiger partial charge in [0.1, 0.15) is 11.5 Å². The number of aliphatic hydroxyl groups is 3. The molecule has 0 saturated carbocycles. The molecule has 0 aromatic rings. The maximum atomic E-state index is 11.0. The highest BCUT2D eigenvalue weighted by Crippen LogP contribution is 2.32. The first-order valence-corrected chi connectivity index (χ1v) is 5.88. The molecule has 1 rings (SSSR count). The van der Waals surface area contributed by atoms with E-state index in [0.29, 0.717) is 0 Å². The molecule has 0 aliphatic carbocycles. The third-order valence-corrected chi connectivity index (χ3v) is 4.01. The Bertz CT molecular complexity index is 250. The molecule has 0 radical (unpaired) electrons. The Kier molecular flexibility index (Phi) is 5.00. The van der Waals surface area contributed by atoms with Crippen molar-refractivity contribution < 1.29 is 24.9 Å².